The Morgan fingerprint density at radius 1 is 0.366 bits per heavy atom. The van der Waals surface area contributed by atoms with Gasteiger partial charge in [-0.3, -0.25) is 0 Å². The molecule has 4 heterocycles. The standard InChI is InChI=1S/C67H38BNO2/c70-65-69-57-35-17-34-55-62(57)68-61-53(66(55)49-28-11-7-22-45(49)46-23-8-12-29-50(46)66)32-16-33-54(61)67(51-30-13-9-24-47(51)48-25-10-14-31-52(48)67)56-37-41-36-42(38-58(71-65)60(41)64(69)63(56)68)59-43(39-18-3-1-4-19-39)26-15-27-44(59)40-20-5-2-6-21-40/h1-38H. The largest absolute Gasteiger partial charge is 0.424 e. The Balaban J connectivity index is 1.06. The molecule has 11 aromatic rings. The number of rotatable bonds is 3. The zero-order valence-corrected chi connectivity index (χ0v) is 38.3. The maximum absolute atomic E-state index is 15.6. The number of carbonyl (C=O) groups is 1. The van der Waals surface area contributed by atoms with Gasteiger partial charge in [0.2, 0.25) is 6.71 Å². The van der Waals surface area contributed by atoms with Gasteiger partial charge in [0.25, 0.3) is 0 Å². The topological polar surface area (TPSA) is 29.5 Å². The van der Waals surface area contributed by atoms with Gasteiger partial charge in [-0.1, -0.05) is 212 Å². The van der Waals surface area contributed by atoms with Crippen molar-refractivity contribution in [1.29, 1.82) is 0 Å². The summed E-state index contributed by atoms with van der Waals surface area (Å²) in [4.78, 5) is 17.6. The first-order valence-corrected chi connectivity index (χ1v) is 24.7. The van der Waals surface area contributed by atoms with Crippen LogP contribution in [0.2, 0.25) is 0 Å². The van der Waals surface area contributed by atoms with Crippen LogP contribution in [0.3, 0.4) is 0 Å². The first-order chi connectivity index (χ1) is 35.2. The quantitative estimate of drug-likeness (QED) is 0.165. The number of hydrogen-bond donors (Lipinski definition) is 0. The number of fused-ring (bicyclic) bond motifs is 15. The van der Waals surface area contributed by atoms with Crippen LogP contribution in [0.25, 0.3) is 66.4 Å². The molecule has 3 nitrogen and oxygen atoms in total. The second kappa shape index (κ2) is 13.2. The monoisotopic (exact) mass is 899 g/mol. The van der Waals surface area contributed by atoms with Crippen LogP contribution < -0.4 is 26.0 Å². The molecule has 11 aromatic carbocycles. The van der Waals surface area contributed by atoms with E-state index in [1.807, 2.05) is 4.90 Å². The van der Waals surface area contributed by atoms with Gasteiger partial charge < -0.3 is 4.74 Å². The zero-order valence-electron chi connectivity index (χ0n) is 38.3. The number of carbonyl (C=O) groups excluding carboxylic acids is 1. The highest BCUT2D eigenvalue weighted by Crippen LogP contribution is 2.63. The minimum Gasteiger partial charge on any atom is -0.409 e. The Labute approximate surface area is 411 Å². The van der Waals surface area contributed by atoms with Gasteiger partial charge in [-0.15, -0.1) is 0 Å². The Bertz CT molecular complexity index is 4100. The van der Waals surface area contributed by atoms with Crippen molar-refractivity contribution in [2.45, 2.75) is 10.8 Å². The lowest BCUT2D eigenvalue weighted by atomic mass is 9.25. The number of amides is 1. The van der Waals surface area contributed by atoms with E-state index in [1.165, 1.54) is 83.1 Å². The van der Waals surface area contributed by atoms with Crippen LogP contribution in [0.1, 0.15) is 44.5 Å². The maximum Gasteiger partial charge on any atom is 0.424 e. The molecule has 4 heteroatoms. The number of benzene rings is 11. The lowest BCUT2D eigenvalue weighted by molar-refractivity contribution is 0.210. The lowest BCUT2D eigenvalue weighted by Crippen LogP contribution is -2.71. The first kappa shape index (κ1) is 37.9. The van der Waals surface area contributed by atoms with Gasteiger partial charge in [0.1, 0.15) is 5.75 Å². The molecule has 0 N–H and O–H groups in total. The third-order valence-corrected chi connectivity index (χ3v) is 17.2. The van der Waals surface area contributed by atoms with Gasteiger partial charge in [0.05, 0.1) is 16.5 Å². The van der Waals surface area contributed by atoms with E-state index in [9.17, 15) is 0 Å². The van der Waals surface area contributed by atoms with Crippen LogP contribution in [0.5, 0.6) is 5.75 Å². The number of hydrogen-bond acceptors (Lipinski definition) is 2. The molecule has 2 spiro atoms. The fraction of sp³-hybridized carbons (Fsp3) is 0.0299. The summed E-state index contributed by atoms with van der Waals surface area (Å²) in [5.74, 6) is 0.587. The van der Waals surface area contributed by atoms with Crippen molar-refractivity contribution in [1.82, 2.24) is 0 Å². The van der Waals surface area contributed by atoms with E-state index in [-0.39, 0.29) is 12.8 Å². The van der Waals surface area contributed by atoms with Crippen molar-refractivity contribution in [2.24, 2.45) is 0 Å². The van der Waals surface area contributed by atoms with Gasteiger partial charge in [0, 0.05) is 11.1 Å². The van der Waals surface area contributed by atoms with E-state index < -0.39 is 10.8 Å². The Kier molecular flexibility index (Phi) is 7.05. The maximum atomic E-state index is 15.6. The van der Waals surface area contributed by atoms with Gasteiger partial charge in [-0.2, -0.15) is 0 Å². The molecule has 0 aromatic heterocycles. The molecular formula is C67H38BNO2. The second-order valence-electron chi connectivity index (χ2n) is 20.0. The molecule has 0 atom stereocenters. The normalized spacial score (nSPS) is 15.4. The van der Waals surface area contributed by atoms with Crippen molar-refractivity contribution in [3.05, 3.63) is 275 Å². The summed E-state index contributed by atoms with van der Waals surface area (Å²) in [6.07, 6.45) is -0.386. The summed E-state index contributed by atoms with van der Waals surface area (Å²) < 4.78 is 6.80. The van der Waals surface area contributed by atoms with E-state index in [0.29, 0.717) is 5.75 Å². The van der Waals surface area contributed by atoms with Crippen LogP contribution in [-0.4, -0.2) is 12.8 Å². The molecular weight excluding hydrogens is 862 g/mol. The molecule has 17 rings (SSSR count). The summed E-state index contributed by atoms with van der Waals surface area (Å²) in [6, 6.07) is 85.0. The third kappa shape index (κ3) is 4.35. The molecule has 4 aliphatic heterocycles. The van der Waals surface area contributed by atoms with Crippen LogP contribution in [-0.2, 0) is 10.8 Å². The van der Waals surface area contributed by atoms with Gasteiger partial charge >= 0.3 is 6.09 Å². The van der Waals surface area contributed by atoms with Crippen molar-refractivity contribution in [2.75, 3.05) is 4.90 Å². The van der Waals surface area contributed by atoms with E-state index in [0.717, 1.165) is 55.5 Å². The van der Waals surface area contributed by atoms with E-state index >= 15 is 4.79 Å². The summed E-state index contributed by atoms with van der Waals surface area (Å²) in [7, 11) is 0. The Morgan fingerprint density at radius 3 is 1.35 bits per heavy atom. The summed E-state index contributed by atoms with van der Waals surface area (Å²) >= 11 is 0. The SMILES string of the molecule is O=C1Oc2cc(-c3c(-c4ccccc4)cccc3-c3ccccc3)cc3cc4c5c(c23)N1c1cccc2c1B5c1c(cccc1C41c3ccccc3-c3ccccc31)C21c2ccccc2-c2ccccc21. The van der Waals surface area contributed by atoms with Crippen molar-refractivity contribution in [3.63, 3.8) is 0 Å². The summed E-state index contributed by atoms with van der Waals surface area (Å²) in [6.45, 7) is -0.156. The zero-order chi connectivity index (χ0) is 46.3. The molecule has 0 saturated heterocycles. The highest BCUT2D eigenvalue weighted by molar-refractivity contribution is 7.00. The molecule has 0 fully saturated rings. The average Bonchev–Trinajstić information content (AvgIpc) is 3.90. The van der Waals surface area contributed by atoms with E-state index in [1.54, 1.807) is 0 Å². The van der Waals surface area contributed by atoms with Crippen LogP contribution in [0.4, 0.5) is 16.2 Å². The van der Waals surface area contributed by atoms with E-state index in [2.05, 4.69) is 231 Å². The summed E-state index contributed by atoms with van der Waals surface area (Å²) in [5, 5.41) is 2.01. The van der Waals surface area contributed by atoms with Crippen LogP contribution in [0, 0.1) is 0 Å². The molecule has 0 radical (unpaired) electrons. The number of anilines is 2. The molecule has 326 valence electrons. The minimum atomic E-state index is -0.724. The van der Waals surface area contributed by atoms with Gasteiger partial charge in [-0.05, 0) is 141 Å². The molecule has 0 bridgehead atoms. The smallest absolute Gasteiger partial charge is 0.409 e. The van der Waals surface area contributed by atoms with Crippen LogP contribution >= 0.6 is 0 Å². The molecule has 0 unspecified atom stereocenters. The predicted octanol–water partition coefficient (Wildman–Crippen LogP) is 13.7. The van der Waals surface area contributed by atoms with Crippen molar-refractivity contribution in [3.8, 4) is 61.4 Å². The third-order valence-electron chi connectivity index (χ3n) is 17.2. The van der Waals surface area contributed by atoms with Gasteiger partial charge in [0.15, 0.2) is 0 Å². The Hall–Kier alpha value is -8.99. The van der Waals surface area contributed by atoms with Gasteiger partial charge in [-0.25, -0.2) is 9.69 Å². The average molecular weight is 900 g/mol. The van der Waals surface area contributed by atoms with Crippen molar-refractivity contribution >= 4 is 51.3 Å². The molecule has 71 heavy (non-hydrogen) atoms. The van der Waals surface area contributed by atoms with Crippen LogP contribution in [0.15, 0.2) is 231 Å². The minimum absolute atomic E-state index is 0.156. The molecule has 2 aliphatic carbocycles. The molecule has 0 saturated carbocycles. The Morgan fingerprint density at radius 2 is 0.803 bits per heavy atom. The fourth-order valence-electron chi connectivity index (χ4n) is 14.9. The first-order valence-electron chi connectivity index (χ1n) is 24.7. The van der Waals surface area contributed by atoms with Crippen molar-refractivity contribution < 1.29 is 9.53 Å². The summed E-state index contributed by atoms with van der Waals surface area (Å²) in [5.41, 5.74) is 25.9. The van der Waals surface area contributed by atoms with E-state index in [4.69, 9.17) is 4.74 Å². The predicted molar refractivity (Wildman–Crippen MR) is 288 cm³/mol. The number of ether oxygens (including phenoxy) is 1. The fourth-order valence-corrected chi connectivity index (χ4v) is 14.9. The number of nitrogens with zero attached hydrogens (tertiary/aromatic N) is 1. The molecule has 6 aliphatic rings. The molecule has 1 amide bonds. The second-order valence-corrected chi connectivity index (χ2v) is 20.0. The highest BCUT2D eigenvalue weighted by atomic mass is 16.6. The lowest BCUT2D eigenvalue weighted by Gasteiger charge is -2.53. The highest BCUT2D eigenvalue weighted by Gasteiger charge is 2.62.